The molecule has 3 amide bonds. The second-order valence-corrected chi connectivity index (χ2v) is 12.2. The van der Waals surface area contributed by atoms with Crippen LogP contribution in [0.5, 0.6) is 0 Å². The maximum absolute atomic E-state index is 13.6. The summed E-state index contributed by atoms with van der Waals surface area (Å²) < 4.78 is 0. The lowest BCUT2D eigenvalue weighted by molar-refractivity contribution is -0.116. The summed E-state index contributed by atoms with van der Waals surface area (Å²) in [6.45, 7) is 3.75. The van der Waals surface area contributed by atoms with Gasteiger partial charge in [0.1, 0.15) is 10.9 Å². The van der Waals surface area contributed by atoms with Gasteiger partial charge in [0, 0.05) is 21.8 Å². The van der Waals surface area contributed by atoms with Crippen LogP contribution in [0.1, 0.15) is 48.2 Å². The van der Waals surface area contributed by atoms with Crippen molar-refractivity contribution in [3.63, 3.8) is 0 Å². The monoisotopic (exact) mass is 655 g/mol. The molecule has 240 valence electrons. The first-order valence-electron chi connectivity index (χ1n) is 15.1. The van der Waals surface area contributed by atoms with E-state index in [9.17, 15) is 24.3 Å². The molecule has 5 aromatic rings. The molecule has 1 atom stereocenters. The van der Waals surface area contributed by atoms with E-state index in [0.717, 1.165) is 27.1 Å². The highest BCUT2D eigenvalue weighted by atomic mass is 32.2. The molecule has 0 aliphatic carbocycles. The Morgan fingerprint density at radius 1 is 0.708 bits per heavy atom. The van der Waals surface area contributed by atoms with Crippen LogP contribution in [-0.4, -0.2) is 28.8 Å². The molecule has 0 spiro atoms. The fourth-order valence-electron chi connectivity index (χ4n) is 4.81. The largest absolute Gasteiger partial charge is 0.478 e. The minimum atomic E-state index is -1.08. The molecule has 5 rings (SSSR count). The van der Waals surface area contributed by atoms with E-state index < -0.39 is 23.0 Å². The third kappa shape index (κ3) is 8.86. The number of rotatable bonds is 11. The van der Waals surface area contributed by atoms with Gasteiger partial charge < -0.3 is 21.1 Å². The summed E-state index contributed by atoms with van der Waals surface area (Å²) in [4.78, 5) is 52.4. The van der Waals surface area contributed by atoms with Gasteiger partial charge in [-0.1, -0.05) is 84.4 Å². The maximum atomic E-state index is 13.6. The fourth-order valence-corrected chi connectivity index (χ4v) is 5.83. The number of hydrogen-bond acceptors (Lipinski definition) is 5. The standard InChI is InChI=1S/C39H33N3O5S/c1-25-10-9-11-27(22-25)23-34(42-36(43)29-14-7-4-8-15-29)37(44)40-31-18-20-32(21-19-31)48-35(28-12-5-3-6-13-28)38(45)41-33-24-30(39(46)47)17-16-26(33)2/h3-24,35H,1-2H3,(H,40,44)(H,41,45)(H,42,43)(H,46,47)/b34-23-. The van der Waals surface area contributed by atoms with Crippen molar-refractivity contribution in [1.82, 2.24) is 5.32 Å². The number of benzene rings is 5. The lowest BCUT2D eigenvalue weighted by Gasteiger charge is -2.18. The number of anilines is 2. The first kappa shape index (κ1) is 33.4. The molecule has 0 heterocycles. The van der Waals surface area contributed by atoms with Crippen molar-refractivity contribution in [3.8, 4) is 0 Å². The summed E-state index contributed by atoms with van der Waals surface area (Å²) in [7, 11) is 0. The number of aryl methyl sites for hydroxylation is 2. The average Bonchev–Trinajstić information content (AvgIpc) is 3.09. The maximum Gasteiger partial charge on any atom is 0.335 e. The van der Waals surface area contributed by atoms with Crippen LogP contribution in [-0.2, 0) is 9.59 Å². The van der Waals surface area contributed by atoms with Crippen LogP contribution in [0.25, 0.3) is 6.08 Å². The zero-order valence-electron chi connectivity index (χ0n) is 26.3. The Morgan fingerprint density at radius 3 is 2.06 bits per heavy atom. The Hall–Kier alpha value is -5.93. The van der Waals surface area contributed by atoms with Crippen LogP contribution in [0.3, 0.4) is 0 Å². The number of amides is 3. The molecule has 0 bridgehead atoms. The third-order valence-corrected chi connectivity index (χ3v) is 8.60. The van der Waals surface area contributed by atoms with Gasteiger partial charge in [-0.05, 0) is 85.1 Å². The molecule has 0 radical (unpaired) electrons. The number of hydrogen-bond donors (Lipinski definition) is 4. The van der Waals surface area contributed by atoms with E-state index >= 15 is 0 Å². The van der Waals surface area contributed by atoms with Gasteiger partial charge in [0.15, 0.2) is 0 Å². The SMILES string of the molecule is Cc1cccc(/C=C(\NC(=O)c2ccccc2)C(=O)Nc2ccc(SC(C(=O)Nc3cc(C(=O)O)ccc3C)c3ccccc3)cc2)c1. The lowest BCUT2D eigenvalue weighted by Crippen LogP contribution is -2.30. The van der Waals surface area contributed by atoms with Gasteiger partial charge in [0.2, 0.25) is 5.91 Å². The lowest BCUT2D eigenvalue weighted by atomic mass is 10.1. The van der Waals surface area contributed by atoms with E-state index in [1.165, 1.54) is 23.9 Å². The van der Waals surface area contributed by atoms with Gasteiger partial charge in [0.25, 0.3) is 11.8 Å². The molecular formula is C39H33N3O5S. The number of nitrogens with one attached hydrogen (secondary N) is 3. The first-order valence-corrected chi connectivity index (χ1v) is 16.0. The van der Waals surface area contributed by atoms with Crippen LogP contribution >= 0.6 is 11.8 Å². The minimum Gasteiger partial charge on any atom is -0.478 e. The first-order chi connectivity index (χ1) is 23.2. The van der Waals surface area contributed by atoms with Crippen molar-refractivity contribution >= 4 is 52.9 Å². The zero-order chi connectivity index (χ0) is 34.0. The minimum absolute atomic E-state index is 0.0777. The summed E-state index contributed by atoms with van der Waals surface area (Å²) in [5.74, 6) is -2.30. The molecule has 0 saturated heterocycles. The molecule has 1 unspecified atom stereocenters. The molecule has 0 aliphatic heterocycles. The van der Waals surface area contributed by atoms with Crippen LogP contribution in [0.2, 0.25) is 0 Å². The smallest absolute Gasteiger partial charge is 0.335 e. The van der Waals surface area contributed by atoms with Gasteiger partial charge in [-0.15, -0.1) is 11.8 Å². The molecule has 9 heteroatoms. The van der Waals surface area contributed by atoms with Crippen LogP contribution in [0.15, 0.2) is 138 Å². The number of carboxylic acid groups (broad SMARTS) is 1. The van der Waals surface area contributed by atoms with Crippen LogP contribution < -0.4 is 16.0 Å². The molecular weight excluding hydrogens is 623 g/mol. The molecule has 8 nitrogen and oxygen atoms in total. The third-order valence-electron chi connectivity index (χ3n) is 7.33. The summed E-state index contributed by atoms with van der Waals surface area (Å²) in [5.41, 5.74) is 4.77. The van der Waals surface area contributed by atoms with Gasteiger partial charge in [-0.2, -0.15) is 0 Å². The van der Waals surface area contributed by atoms with E-state index in [4.69, 9.17) is 0 Å². The second-order valence-electron chi connectivity index (χ2n) is 11.0. The summed E-state index contributed by atoms with van der Waals surface area (Å²) in [5, 5.41) is 17.3. The molecule has 0 saturated carbocycles. The number of carboxylic acids is 1. The fraction of sp³-hybridized carbons (Fsp3) is 0.0769. The van der Waals surface area contributed by atoms with E-state index in [0.29, 0.717) is 16.9 Å². The number of thioether (sulfide) groups is 1. The summed E-state index contributed by atoms with van der Waals surface area (Å²) in [6, 6.07) is 37.2. The van der Waals surface area contributed by atoms with E-state index in [1.807, 2.05) is 67.6 Å². The Balaban J connectivity index is 1.34. The van der Waals surface area contributed by atoms with Crippen molar-refractivity contribution < 1.29 is 24.3 Å². The van der Waals surface area contributed by atoms with Crippen LogP contribution in [0.4, 0.5) is 11.4 Å². The van der Waals surface area contributed by atoms with Crippen molar-refractivity contribution in [1.29, 1.82) is 0 Å². The van der Waals surface area contributed by atoms with E-state index in [2.05, 4.69) is 16.0 Å². The van der Waals surface area contributed by atoms with Crippen molar-refractivity contribution in [2.75, 3.05) is 10.6 Å². The van der Waals surface area contributed by atoms with Crippen molar-refractivity contribution in [3.05, 3.63) is 166 Å². The van der Waals surface area contributed by atoms with E-state index in [1.54, 1.807) is 67.6 Å². The zero-order valence-corrected chi connectivity index (χ0v) is 27.1. The van der Waals surface area contributed by atoms with Crippen molar-refractivity contribution in [2.24, 2.45) is 0 Å². The number of carbonyl (C=O) groups excluding carboxylic acids is 3. The quantitative estimate of drug-likeness (QED) is 0.0848. The average molecular weight is 656 g/mol. The molecule has 0 aromatic heterocycles. The van der Waals surface area contributed by atoms with E-state index in [-0.39, 0.29) is 17.2 Å². The Labute approximate surface area is 282 Å². The highest BCUT2D eigenvalue weighted by Gasteiger charge is 2.23. The van der Waals surface area contributed by atoms with Gasteiger partial charge in [-0.25, -0.2) is 4.79 Å². The highest BCUT2D eigenvalue weighted by Crippen LogP contribution is 2.37. The topological polar surface area (TPSA) is 125 Å². The Kier molecular flexibility index (Phi) is 10.8. The predicted octanol–water partition coefficient (Wildman–Crippen LogP) is 7.88. The van der Waals surface area contributed by atoms with Crippen LogP contribution in [0, 0.1) is 13.8 Å². The molecule has 0 fully saturated rings. The molecule has 0 aliphatic rings. The van der Waals surface area contributed by atoms with Crippen molar-refractivity contribution in [2.45, 2.75) is 24.0 Å². The molecule has 4 N–H and O–H groups in total. The number of aromatic carboxylic acids is 1. The highest BCUT2D eigenvalue weighted by molar-refractivity contribution is 8.00. The molecule has 48 heavy (non-hydrogen) atoms. The van der Waals surface area contributed by atoms with Gasteiger partial charge >= 0.3 is 5.97 Å². The molecule has 5 aromatic carbocycles. The Bertz CT molecular complexity index is 1980. The predicted molar refractivity (Wildman–Crippen MR) is 190 cm³/mol. The summed E-state index contributed by atoms with van der Waals surface area (Å²) in [6.07, 6.45) is 1.63. The second kappa shape index (κ2) is 15.6. The normalized spacial score (nSPS) is 11.7. The van der Waals surface area contributed by atoms with Gasteiger partial charge in [0.05, 0.1) is 5.56 Å². The van der Waals surface area contributed by atoms with Gasteiger partial charge in [-0.3, -0.25) is 14.4 Å². The summed E-state index contributed by atoms with van der Waals surface area (Å²) >= 11 is 1.32. The number of carbonyl (C=O) groups is 4. The Morgan fingerprint density at radius 2 is 1.40 bits per heavy atom.